The predicted octanol–water partition coefficient (Wildman–Crippen LogP) is 6.03. The van der Waals surface area contributed by atoms with Crippen LogP contribution >= 0.6 is 23.4 Å². The highest BCUT2D eigenvalue weighted by Gasteiger charge is 2.17. The first-order valence-corrected chi connectivity index (χ1v) is 11.8. The van der Waals surface area contributed by atoms with Gasteiger partial charge >= 0.3 is 0 Å². The third kappa shape index (κ3) is 5.74. The summed E-state index contributed by atoms with van der Waals surface area (Å²) in [6.07, 6.45) is 0. The standard InChI is InChI=1S/C25H23ClN4O2S/c1-3-32-22-14-10-20(11-15-22)27-23(31)16-33-25-29-28-24(18-6-4-17(2)5-7-18)30(25)21-12-8-19(26)9-13-21/h4-15H,3,16H2,1-2H3,(H,27,31). The Bertz CT molecular complexity index is 1220. The molecule has 1 N–H and O–H groups in total. The number of carbonyl (C=O) groups excluding carboxylic acids is 1. The molecule has 0 aliphatic heterocycles. The normalized spacial score (nSPS) is 10.8. The molecule has 0 aliphatic rings. The molecule has 168 valence electrons. The molecule has 0 aliphatic carbocycles. The Hall–Kier alpha value is -3.29. The lowest BCUT2D eigenvalue weighted by atomic mass is 10.1. The highest BCUT2D eigenvalue weighted by Crippen LogP contribution is 2.29. The number of halogens is 1. The Morgan fingerprint density at radius 2 is 1.70 bits per heavy atom. The number of amides is 1. The first-order valence-electron chi connectivity index (χ1n) is 10.5. The molecule has 0 saturated heterocycles. The second kappa shape index (κ2) is 10.6. The molecule has 0 unspecified atom stereocenters. The Balaban J connectivity index is 1.53. The van der Waals surface area contributed by atoms with E-state index in [9.17, 15) is 4.79 Å². The summed E-state index contributed by atoms with van der Waals surface area (Å²) in [6.45, 7) is 4.57. The Labute approximate surface area is 202 Å². The molecule has 3 aromatic carbocycles. The Morgan fingerprint density at radius 1 is 1.00 bits per heavy atom. The van der Waals surface area contributed by atoms with Gasteiger partial charge in [-0.15, -0.1) is 10.2 Å². The molecule has 8 heteroatoms. The van der Waals surface area contributed by atoms with Crippen LogP contribution in [0.3, 0.4) is 0 Å². The summed E-state index contributed by atoms with van der Waals surface area (Å²) in [4.78, 5) is 12.6. The van der Waals surface area contributed by atoms with Crippen LogP contribution in [0.25, 0.3) is 17.1 Å². The average Bonchev–Trinajstić information content (AvgIpc) is 3.24. The van der Waals surface area contributed by atoms with E-state index >= 15 is 0 Å². The van der Waals surface area contributed by atoms with E-state index in [1.165, 1.54) is 11.8 Å². The van der Waals surface area contributed by atoms with Crippen molar-refractivity contribution in [1.29, 1.82) is 0 Å². The molecule has 1 amide bonds. The number of anilines is 1. The number of nitrogens with zero attached hydrogens (tertiary/aromatic N) is 3. The maximum atomic E-state index is 12.6. The van der Waals surface area contributed by atoms with Crippen LogP contribution in [-0.2, 0) is 4.79 Å². The molecule has 4 rings (SSSR count). The SMILES string of the molecule is CCOc1ccc(NC(=O)CSc2nnc(-c3ccc(C)cc3)n2-c2ccc(Cl)cc2)cc1. The van der Waals surface area contributed by atoms with E-state index in [-0.39, 0.29) is 11.7 Å². The fraction of sp³-hybridized carbons (Fsp3) is 0.160. The van der Waals surface area contributed by atoms with Crippen LogP contribution in [0.5, 0.6) is 5.75 Å². The van der Waals surface area contributed by atoms with Crippen LogP contribution in [0.15, 0.2) is 78.0 Å². The van der Waals surface area contributed by atoms with Gasteiger partial charge in [-0.2, -0.15) is 0 Å². The van der Waals surface area contributed by atoms with Gasteiger partial charge in [0.1, 0.15) is 5.75 Å². The fourth-order valence-electron chi connectivity index (χ4n) is 3.20. The van der Waals surface area contributed by atoms with Crippen molar-refractivity contribution in [2.45, 2.75) is 19.0 Å². The minimum atomic E-state index is -0.133. The molecule has 33 heavy (non-hydrogen) atoms. The summed E-state index contributed by atoms with van der Waals surface area (Å²) >= 11 is 7.41. The van der Waals surface area contributed by atoms with E-state index in [0.29, 0.717) is 28.3 Å². The summed E-state index contributed by atoms with van der Waals surface area (Å²) < 4.78 is 7.38. The topological polar surface area (TPSA) is 69.0 Å². The number of rotatable bonds is 8. The highest BCUT2D eigenvalue weighted by atomic mass is 35.5. The monoisotopic (exact) mass is 478 g/mol. The lowest BCUT2D eigenvalue weighted by Crippen LogP contribution is -2.14. The summed E-state index contributed by atoms with van der Waals surface area (Å²) in [5.74, 6) is 1.52. The molecule has 0 spiro atoms. The third-order valence-corrected chi connectivity index (χ3v) is 5.99. The molecule has 6 nitrogen and oxygen atoms in total. The van der Waals surface area contributed by atoms with Gasteiger partial charge in [-0.1, -0.05) is 53.2 Å². The number of carbonyl (C=O) groups is 1. The largest absolute Gasteiger partial charge is 0.494 e. The summed E-state index contributed by atoms with van der Waals surface area (Å²) in [5.41, 5.74) is 3.68. The van der Waals surface area contributed by atoms with Crippen molar-refractivity contribution in [2.75, 3.05) is 17.7 Å². The first kappa shape index (κ1) is 22.9. The van der Waals surface area contributed by atoms with Gasteiger partial charge in [-0.3, -0.25) is 9.36 Å². The van der Waals surface area contributed by atoms with Crippen LogP contribution in [-0.4, -0.2) is 33.0 Å². The number of nitrogens with one attached hydrogen (secondary N) is 1. The second-order valence-corrected chi connectivity index (χ2v) is 8.66. The molecule has 0 radical (unpaired) electrons. The van der Waals surface area contributed by atoms with Gasteiger partial charge < -0.3 is 10.1 Å². The van der Waals surface area contributed by atoms with E-state index in [1.54, 1.807) is 0 Å². The molecule has 0 bridgehead atoms. The van der Waals surface area contributed by atoms with E-state index in [2.05, 4.69) is 15.5 Å². The predicted molar refractivity (Wildman–Crippen MR) is 134 cm³/mol. The van der Waals surface area contributed by atoms with Gasteiger partial charge in [0, 0.05) is 22.0 Å². The number of thioether (sulfide) groups is 1. The average molecular weight is 479 g/mol. The third-order valence-electron chi connectivity index (χ3n) is 4.81. The van der Waals surface area contributed by atoms with Gasteiger partial charge in [-0.05, 0) is 62.4 Å². The molecular formula is C25H23ClN4O2S. The number of ether oxygens (including phenoxy) is 1. The van der Waals surface area contributed by atoms with Crippen LogP contribution in [0.2, 0.25) is 5.02 Å². The Morgan fingerprint density at radius 3 is 2.36 bits per heavy atom. The lowest BCUT2D eigenvalue weighted by molar-refractivity contribution is -0.113. The van der Waals surface area contributed by atoms with Crippen LogP contribution in [0.4, 0.5) is 5.69 Å². The van der Waals surface area contributed by atoms with Crippen LogP contribution in [0.1, 0.15) is 12.5 Å². The molecule has 0 fully saturated rings. The highest BCUT2D eigenvalue weighted by molar-refractivity contribution is 7.99. The maximum absolute atomic E-state index is 12.6. The molecular weight excluding hydrogens is 456 g/mol. The van der Waals surface area contributed by atoms with Gasteiger partial charge in [0.05, 0.1) is 12.4 Å². The van der Waals surface area contributed by atoms with Crippen molar-refractivity contribution < 1.29 is 9.53 Å². The van der Waals surface area contributed by atoms with Gasteiger partial charge in [-0.25, -0.2) is 0 Å². The summed E-state index contributed by atoms with van der Waals surface area (Å²) in [5, 5.41) is 13.0. The van der Waals surface area contributed by atoms with E-state index in [1.807, 2.05) is 91.2 Å². The molecule has 1 heterocycles. The minimum Gasteiger partial charge on any atom is -0.494 e. The van der Waals surface area contributed by atoms with Gasteiger partial charge in [0.2, 0.25) is 5.91 Å². The van der Waals surface area contributed by atoms with E-state index in [4.69, 9.17) is 16.3 Å². The molecule has 1 aromatic heterocycles. The maximum Gasteiger partial charge on any atom is 0.234 e. The van der Waals surface area contributed by atoms with Crippen LogP contribution in [0, 0.1) is 6.92 Å². The zero-order valence-electron chi connectivity index (χ0n) is 18.3. The van der Waals surface area contributed by atoms with Crippen molar-refractivity contribution in [2.24, 2.45) is 0 Å². The van der Waals surface area contributed by atoms with Crippen molar-refractivity contribution >= 4 is 35.0 Å². The number of aryl methyl sites for hydroxylation is 1. The number of hydrogen-bond acceptors (Lipinski definition) is 5. The summed E-state index contributed by atoms with van der Waals surface area (Å²) in [7, 11) is 0. The van der Waals surface area contributed by atoms with Crippen molar-refractivity contribution in [3.8, 4) is 22.8 Å². The molecule has 0 saturated carbocycles. The van der Waals surface area contributed by atoms with E-state index < -0.39 is 0 Å². The number of aromatic nitrogens is 3. The smallest absolute Gasteiger partial charge is 0.234 e. The summed E-state index contributed by atoms with van der Waals surface area (Å²) in [6, 6.07) is 22.9. The van der Waals surface area contributed by atoms with E-state index in [0.717, 1.165) is 22.6 Å². The fourth-order valence-corrected chi connectivity index (χ4v) is 4.08. The zero-order chi connectivity index (χ0) is 23.2. The minimum absolute atomic E-state index is 0.133. The van der Waals surface area contributed by atoms with Crippen molar-refractivity contribution in [1.82, 2.24) is 14.8 Å². The second-order valence-electron chi connectivity index (χ2n) is 7.28. The quantitative estimate of drug-likeness (QED) is 0.313. The van der Waals surface area contributed by atoms with Crippen LogP contribution < -0.4 is 10.1 Å². The number of benzene rings is 3. The lowest BCUT2D eigenvalue weighted by Gasteiger charge is -2.11. The molecule has 0 atom stereocenters. The van der Waals surface area contributed by atoms with Crippen molar-refractivity contribution in [3.05, 3.63) is 83.4 Å². The van der Waals surface area contributed by atoms with Gasteiger partial charge in [0.25, 0.3) is 0 Å². The first-order chi connectivity index (χ1) is 16.0. The zero-order valence-corrected chi connectivity index (χ0v) is 19.9. The van der Waals surface area contributed by atoms with Crippen molar-refractivity contribution in [3.63, 3.8) is 0 Å². The van der Waals surface area contributed by atoms with Gasteiger partial charge in [0.15, 0.2) is 11.0 Å². The molecule has 4 aromatic rings. The Kier molecular flexibility index (Phi) is 7.32. The number of hydrogen-bond donors (Lipinski definition) is 1.